The third-order valence-corrected chi connectivity index (χ3v) is 1.82. The van der Waals surface area contributed by atoms with Crippen molar-refractivity contribution in [1.82, 2.24) is 0 Å². The molecule has 0 bridgehead atoms. The molecule has 0 spiro atoms. The van der Waals surface area contributed by atoms with Gasteiger partial charge in [-0.3, -0.25) is 9.35 Å². The van der Waals surface area contributed by atoms with Crippen molar-refractivity contribution in [3.05, 3.63) is 17.9 Å². The third-order valence-electron chi connectivity index (χ3n) is 1.02. The molecule has 0 amide bonds. The summed E-state index contributed by atoms with van der Waals surface area (Å²) >= 11 is 0. The van der Waals surface area contributed by atoms with Gasteiger partial charge in [0.05, 0.1) is 11.8 Å². The van der Waals surface area contributed by atoms with E-state index in [0.29, 0.717) is 0 Å². The normalized spacial score (nSPS) is 10.4. The summed E-state index contributed by atoms with van der Waals surface area (Å²) < 4.78 is 33.5. The zero-order chi connectivity index (χ0) is 8.48. The van der Waals surface area contributed by atoms with Gasteiger partial charge in [0.1, 0.15) is 0 Å². The van der Waals surface area contributed by atoms with Crippen LogP contribution >= 0.6 is 0 Å². The fraction of sp³-hybridized carbons (Fsp3) is 0. The zero-order valence-electron chi connectivity index (χ0n) is 7.22. The van der Waals surface area contributed by atoms with E-state index in [0.717, 1.165) is 12.3 Å². The first kappa shape index (κ1) is 11.9. The molecule has 0 unspecified atom stereocenters. The molecule has 1 aromatic rings. The van der Waals surface area contributed by atoms with E-state index in [1.807, 2.05) is 0 Å². The Hall–Kier alpha value is -0.140. The summed E-state index contributed by atoms with van der Waals surface area (Å²) in [5, 5.41) is -0.715. The summed E-state index contributed by atoms with van der Waals surface area (Å²) in [7, 11) is -4.40. The van der Waals surface area contributed by atoms with Crippen LogP contribution < -0.4 is 29.6 Å². The van der Waals surface area contributed by atoms with Crippen LogP contribution in [0.4, 0.5) is 0 Å². The minimum atomic E-state index is -4.40. The molecule has 1 heterocycles. The minimum Gasteiger partial charge on any atom is -1.00 e. The van der Waals surface area contributed by atoms with E-state index in [1.165, 1.54) is 0 Å². The van der Waals surface area contributed by atoms with Gasteiger partial charge in [-0.25, -0.2) is 0 Å². The second-order valence-electron chi connectivity index (χ2n) is 1.76. The first-order valence-electron chi connectivity index (χ1n) is 2.56. The standard InChI is InChI=1S/C5H4O5S.Na.H/c6-3-4-1-2-10-5(4)11(7,8)9;;/h1-3H,(H,7,8,9);;/q;+1;-1. The van der Waals surface area contributed by atoms with Crippen LogP contribution in [-0.4, -0.2) is 19.3 Å². The van der Waals surface area contributed by atoms with Gasteiger partial charge in [-0.1, -0.05) is 0 Å². The van der Waals surface area contributed by atoms with Crippen LogP contribution in [0, 0.1) is 0 Å². The maximum absolute atomic E-state index is 10.4. The first-order valence-corrected chi connectivity index (χ1v) is 4.00. The van der Waals surface area contributed by atoms with Crippen LogP contribution in [0.3, 0.4) is 0 Å². The van der Waals surface area contributed by atoms with Gasteiger partial charge in [0, 0.05) is 0 Å². The molecule has 0 saturated carbocycles. The molecule has 1 N–H and O–H groups in total. The van der Waals surface area contributed by atoms with Gasteiger partial charge in [0.2, 0.25) is 0 Å². The molecule has 62 valence electrons. The number of hydrogen-bond acceptors (Lipinski definition) is 4. The summed E-state index contributed by atoms with van der Waals surface area (Å²) in [6.07, 6.45) is 1.29. The van der Waals surface area contributed by atoms with Gasteiger partial charge in [0.25, 0.3) is 5.09 Å². The van der Waals surface area contributed by atoms with Crippen LogP contribution in [0.5, 0.6) is 0 Å². The molecule has 0 aliphatic rings. The van der Waals surface area contributed by atoms with E-state index in [2.05, 4.69) is 4.42 Å². The monoisotopic (exact) mass is 200 g/mol. The van der Waals surface area contributed by atoms with E-state index in [9.17, 15) is 13.2 Å². The predicted octanol–water partition coefficient (Wildman–Crippen LogP) is -2.54. The summed E-state index contributed by atoms with van der Waals surface area (Å²) in [4.78, 5) is 10.1. The fourth-order valence-electron chi connectivity index (χ4n) is 0.602. The number of rotatable bonds is 2. The fourth-order valence-corrected chi connectivity index (χ4v) is 1.19. The molecular formula is C5H5NaO5S. The van der Waals surface area contributed by atoms with Crippen molar-refractivity contribution in [3.63, 3.8) is 0 Å². The second kappa shape index (κ2) is 4.20. The molecule has 0 radical (unpaired) electrons. The van der Waals surface area contributed by atoms with Gasteiger partial charge < -0.3 is 5.84 Å². The van der Waals surface area contributed by atoms with Gasteiger partial charge in [-0.15, -0.1) is 0 Å². The molecule has 0 fully saturated rings. The second-order valence-corrected chi connectivity index (χ2v) is 3.08. The Balaban J connectivity index is 0. The summed E-state index contributed by atoms with van der Waals surface area (Å²) in [5.41, 5.74) is -0.187. The third kappa shape index (κ3) is 2.43. The van der Waals surface area contributed by atoms with Crippen molar-refractivity contribution in [2.45, 2.75) is 5.09 Å². The average Bonchev–Trinajstić information content (AvgIpc) is 2.31. The first-order chi connectivity index (χ1) is 5.05. The van der Waals surface area contributed by atoms with E-state index in [4.69, 9.17) is 4.55 Å². The molecule has 5 nitrogen and oxygen atoms in total. The maximum atomic E-state index is 10.4. The molecule has 0 aromatic carbocycles. The molecule has 1 rings (SSSR count). The van der Waals surface area contributed by atoms with Crippen molar-refractivity contribution in [1.29, 1.82) is 0 Å². The molecule has 1 aromatic heterocycles. The van der Waals surface area contributed by atoms with Gasteiger partial charge in [0.15, 0.2) is 6.29 Å². The van der Waals surface area contributed by atoms with Crippen molar-refractivity contribution in [2.75, 3.05) is 0 Å². The molecule has 0 saturated heterocycles. The van der Waals surface area contributed by atoms with Crippen LogP contribution in [-0.2, 0) is 10.1 Å². The molecule has 12 heavy (non-hydrogen) atoms. The summed E-state index contributed by atoms with van der Waals surface area (Å²) in [6.45, 7) is 0. The van der Waals surface area contributed by atoms with Crippen molar-refractivity contribution >= 4 is 16.4 Å². The Bertz CT molecular complexity index is 370. The topological polar surface area (TPSA) is 84.6 Å². The summed E-state index contributed by atoms with van der Waals surface area (Å²) in [6, 6.07) is 1.15. The van der Waals surface area contributed by atoms with Crippen LogP contribution in [0.1, 0.15) is 11.8 Å². The number of carbonyl (C=O) groups is 1. The smallest absolute Gasteiger partial charge is 1.00 e. The largest absolute Gasteiger partial charge is 1.00 e. The molecule has 0 aliphatic carbocycles. The maximum Gasteiger partial charge on any atom is 1.00 e. The Morgan fingerprint density at radius 2 is 2.17 bits per heavy atom. The number of furan rings is 1. The Morgan fingerprint density at radius 1 is 1.58 bits per heavy atom. The van der Waals surface area contributed by atoms with Gasteiger partial charge >= 0.3 is 39.7 Å². The summed E-state index contributed by atoms with van der Waals surface area (Å²) in [5.74, 6) is 0. The van der Waals surface area contributed by atoms with Crippen LogP contribution in [0.25, 0.3) is 0 Å². The molecule has 0 atom stereocenters. The predicted molar refractivity (Wildman–Crippen MR) is 35.0 cm³/mol. The Kier molecular flexibility index (Phi) is 4.15. The number of aldehydes is 1. The van der Waals surface area contributed by atoms with Gasteiger partial charge in [-0.2, -0.15) is 8.42 Å². The number of hydrogen-bond donors (Lipinski definition) is 1. The zero-order valence-corrected chi connectivity index (χ0v) is 9.04. The van der Waals surface area contributed by atoms with Crippen LogP contribution in [0.15, 0.2) is 21.8 Å². The minimum absolute atomic E-state index is 0. The van der Waals surface area contributed by atoms with Gasteiger partial charge in [-0.05, 0) is 6.07 Å². The molecule has 0 aliphatic heterocycles. The quantitative estimate of drug-likeness (QED) is 0.323. The van der Waals surface area contributed by atoms with E-state index in [1.54, 1.807) is 0 Å². The van der Waals surface area contributed by atoms with E-state index in [-0.39, 0.29) is 42.8 Å². The Labute approximate surface area is 92.3 Å². The SMILES string of the molecule is O=Cc1ccoc1S(=O)(=O)O.[H-].[Na+]. The van der Waals surface area contributed by atoms with E-state index >= 15 is 0 Å². The van der Waals surface area contributed by atoms with Crippen molar-refractivity contribution in [2.24, 2.45) is 0 Å². The van der Waals surface area contributed by atoms with Crippen molar-refractivity contribution < 1.29 is 53.2 Å². The molecule has 7 heteroatoms. The average molecular weight is 200 g/mol. The number of carbonyl (C=O) groups excluding carboxylic acids is 1. The molecular weight excluding hydrogens is 195 g/mol. The van der Waals surface area contributed by atoms with Crippen LogP contribution in [0.2, 0.25) is 0 Å². The van der Waals surface area contributed by atoms with E-state index < -0.39 is 15.2 Å². The Morgan fingerprint density at radius 3 is 2.50 bits per heavy atom. The van der Waals surface area contributed by atoms with Crippen molar-refractivity contribution in [3.8, 4) is 0 Å².